The third kappa shape index (κ3) is 9.14. The summed E-state index contributed by atoms with van der Waals surface area (Å²) in [5, 5.41) is 26.4. The molecule has 6 aromatic heterocycles. The van der Waals surface area contributed by atoms with E-state index in [1.807, 2.05) is 29.5 Å². The van der Waals surface area contributed by atoms with Gasteiger partial charge in [-0.25, -0.2) is 19.9 Å². The van der Waals surface area contributed by atoms with Crippen molar-refractivity contribution >= 4 is 183 Å². The van der Waals surface area contributed by atoms with Crippen molar-refractivity contribution in [2.45, 2.75) is 0 Å². The monoisotopic (exact) mass is 1390 g/mol. The maximum atomic E-state index is 6.17. The lowest BCUT2D eigenvalue weighted by Crippen LogP contribution is -1.99. The average molecular weight is 1390 g/mol. The van der Waals surface area contributed by atoms with Crippen LogP contribution < -0.4 is 0 Å². The molecule has 500 valence electrons. The number of benzene rings is 18. The lowest BCUT2D eigenvalue weighted by Gasteiger charge is -2.15. The second kappa shape index (κ2) is 23.7. The Labute approximate surface area is 621 Å². The zero-order chi connectivity index (χ0) is 70.7. The predicted molar refractivity (Wildman–Crippen MR) is 455 cm³/mol. The molecule has 0 fully saturated rings. The predicted octanol–water partition coefficient (Wildman–Crippen LogP) is 27.3. The average Bonchev–Trinajstić information content (AvgIpc) is 1.54. The zero-order valence-corrected chi connectivity index (χ0v) is 58.8. The SMILES string of the molecule is c1ccc2c(c1)ccc1c2c2c3ccccc3ccc2n1-c1ccc(-c2nc(-c3ccc4oc5ccccc5c4c3)c3ccccc3n2)c2ccccc12.c1ccc2c(c1)ccc1c2c2c3ccccc3ccc2n1-c1ccc(-c2nc(-c3ccc4sc5ccccc5c4c3)c3ccccc3n2)c2ccccc12. The minimum absolute atomic E-state index is 0.697. The van der Waals surface area contributed by atoms with Gasteiger partial charge >= 0.3 is 0 Å². The lowest BCUT2D eigenvalue weighted by atomic mass is 10.00. The number of nitrogens with zero attached hydrogens (tertiary/aromatic N) is 6. The van der Waals surface area contributed by atoms with Crippen LogP contribution in [0.15, 0.2) is 356 Å². The number of rotatable bonds is 6. The Morgan fingerprint density at radius 1 is 0.231 bits per heavy atom. The Morgan fingerprint density at radius 2 is 0.583 bits per heavy atom. The highest BCUT2D eigenvalue weighted by Gasteiger charge is 2.25. The van der Waals surface area contributed by atoms with Gasteiger partial charge in [0, 0.05) is 96.3 Å². The molecule has 0 aliphatic heterocycles. The molecule has 8 heteroatoms. The highest BCUT2D eigenvalue weighted by atomic mass is 32.1. The van der Waals surface area contributed by atoms with Crippen molar-refractivity contribution in [2.24, 2.45) is 0 Å². The van der Waals surface area contributed by atoms with E-state index in [0.29, 0.717) is 5.82 Å². The van der Waals surface area contributed by atoms with Crippen LogP contribution in [-0.2, 0) is 0 Å². The van der Waals surface area contributed by atoms with Crippen molar-refractivity contribution in [3.05, 3.63) is 352 Å². The van der Waals surface area contributed by atoms with Crippen molar-refractivity contribution in [3.63, 3.8) is 0 Å². The third-order valence-electron chi connectivity index (χ3n) is 22.4. The van der Waals surface area contributed by atoms with Gasteiger partial charge < -0.3 is 13.6 Å². The summed E-state index contributed by atoms with van der Waals surface area (Å²) in [6.07, 6.45) is 0. The minimum Gasteiger partial charge on any atom is -0.456 e. The van der Waals surface area contributed by atoms with Gasteiger partial charge in [0.1, 0.15) is 11.2 Å². The van der Waals surface area contributed by atoms with Crippen LogP contribution in [0.25, 0.3) is 229 Å². The molecule has 108 heavy (non-hydrogen) atoms. The number of hydrogen-bond donors (Lipinski definition) is 0. The van der Waals surface area contributed by atoms with Crippen LogP contribution in [0.4, 0.5) is 0 Å². The summed E-state index contributed by atoms with van der Waals surface area (Å²) in [7, 11) is 0. The van der Waals surface area contributed by atoms with E-state index in [0.717, 1.165) is 116 Å². The van der Waals surface area contributed by atoms with Gasteiger partial charge in [0.2, 0.25) is 0 Å². The molecule has 0 bridgehead atoms. The molecule has 0 radical (unpaired) electrons. The smallest absolute Gasteiger partial charge is 0.161 e. The molecule has 0 amide bonds. The Hall–Kier alpha value is -14.2. The minimum atomic E-state index is 0.697. The molecule has 24 rings (SSSR count). The number of aromatic nitrogens is 6. The number of furan rings is 1. The Morgan fingerprint density at radius 3 is 1.06 bits per heavy atom. The molecule has 7 nitrogen and oxygen atoms in total. The number of hydrogen-bond acceptors (Lipinski definition) is 6. The standard InChI is InChI=1S/C50H29N3O.C50H29N3S/c2*1-3-13-33-30(11-1)21-25-43-47(33)48-34-14-4-2-12-31(34)22-26-44(48)53(43)42-27-24-38(35-15-5-6-16-36(35)42)50-51-41-19-9-7-18-39(41)49(52-50)32-23-28-46-40(29-32)37-17-8-10-20-45(37)54-46/h2*1-29H. The van der Waals surface area contributed by atoms with Gasteiger partial charge in [-0.15, -0.1) is 11.3 Å². The quantitative estimate of drug-likeness (QED) is 0.166. The lowest BCUT2D eigenvalue weighted by molar-refractivity contribution is 0.669. The first-order valence-corrected chi connectivity index (χ1v) is 37.5. The van der Waals surface area contributed by atoms with Crippen LogP contribution in [0.3, 0.4) is 0 Å². The van der Waals surface area contributed by atoms with Gasteiger partial charge in [0.05, 0.1) is 55.9 Å². The topological polar surface area (TPSA) is 74.6 Å². The van der Waals surface area contributed by atoms with Gasteiger partial charge in [-0.05, 0) is 157 Å². The summed E-state index contributed by atoms with van der Waals surface area (Å²) >= 11 is 1.84. The first-order valence-electron chi connectivity index (χ1n) is 36.7. The summed E-state index contributed by atoms with van der Waals surface area (Å²) < 4.78 is 13.7. The fourth-order valence-corrected chi connectivity index (χ4v) is 18.6. The first-order chi connectivity index (χ1) is 53.6. The van der Waals surface area contributed by atoms with E-state index in [-0.39, 0.29) is 0 Å². The highest BCUT2D eigenvalue weighted by molar-refractivity contribution is 7.25. The maximum Gasteiger partial charge on any atom is 0.161 e. The van der Waals surface area contributed by atoms with E-state index in [1.54, 1.807) is 0 Å². The summed E-state index contributed by atoms with van der Waals surface area (Å²) in [5.41, 5.74) is 16.6. The third-order valence-corrected chi connectivity index (χ3v) is 23.5. The van der Waals surface area contributed by atoms with E-state index in [1.165, 1.54) is 107 Å². The molecule has 0 N–H and O–H groups in total. The fraction of sp³-hybridized carbons (Fsp3) is 0. The molecule has 0 aliphatic rings. The second-order valence-electron chi connectivity index (χ2n) is 28.2. The van der Waals surface area contributed by atoms with Gasteiger partial charge in [-0.1, -0.05) is 249 Å². The fourth-order valence-electron chi connectivity index (χ4n) is 17.5. The molecule has 0 unspecified atom stereocenters. The molecule has 0 spiro atoms. The molecule has 0 atom stereocenters. The maximum absolute atomic E-state index is 6.17. The Bertz CT molecular complexity index is 7320. The van der Waals surface area contributed by atoms with Crippen LogP contribution in [-0.4, -0.2) is 29.1 Å². The van der Waals surface area contributed by atoms with E-state index < -0.39 is 0 Å². The van der Waals surface area contributed by atoms with Crippen molar-refractivity contribution in [3.8, 4) is 56.7 Å². The summed E-state index contributed by atoms with van der Waals surface area (Å²) in [5.74, 6) is 1.42. The molecule has 18 aromatic carbocycles. The van der Waals surface area contributed by atoms with Gasteiger partial charge in [0.15, 0.2) is 11.6 Å². The second-order valence-corrected chi connectivity index (χ2v) is 29.3. The van der Waals surface area contributed by atoms with Gasteiger partial charge in [-0.2, -0.15) is 0 Å². The highest BCUT2D eigenvalue weighted by Crippen LogP contribution is 2.47. The number of thiophene rings is 1. The Balaban J connectivity index is 0.000000130. The summed E-state index contributed by atoms with van der Waals surface area (Å²) in [6.45, 7) is 0. The zero-order valence-electron chi connectivity index (χ0n) is 58.0. The molecular weight excluding hydrogens is 1330 g/mol. The molecule has 0 saturated carbocycles. The first kappa shape index (κ1) is 60.3. The molecule has 0 saturated heterocycles. The molecular formula is C100H58N6OS. The van der Waals surface area contributed by atoms with Crippen LogP contribution in [0, 0.1) is 0 Å². The molecule has 6 heterocycles. The van der Waals surface area contributed by atoms with Crippen molar-refractivity contribution in [1.82, 2.24) is 29.1 Å². The van der Waals surface area contributed by atoms with Gasteiger partial charge in [0.25, 0.3) is 0 Å². The summed E-state index contributed by atoms with van der Waals surface area (Å²) in [4.78, 5) is 21.2. The van der Waals surface area contributed by atoms with E-state index in [9.17, 15) is 0 Å². The van der Waals surface area contributed by atoms with E-state index >= 15 is 0 Å². The summed E-state index contributed by atoms with van der Waals surface area (Å²) in [6, 6.07) is 126. The van der Waals surface area contributed by atoms with E-state index in [2.05, 4.69) is 343 Å². The van der Waals surface area contributed by atoms with Crippen LogP contribution in [0.2, 0.25) is 0 Å². The van der Waals surface area contributed by atoms with E-state index in [4.69, 9.17) is 24.4 Å². The van der Waals surface area contributed by atoms with Crippen LogP contribution in [0.5, 0.6) is 0 Å². The molecule has 0 aliphatic carbocycles. The largest absolute Gasteiger partial charge is 0.456 e. The van der Waals surface area contributed by atoms with Gasteiger partial charge in [-0.3, -0.25) is 0 Å². The van der Waals surface area contributed by atoms with Crippen molar-refractivity contribution < 1.29 is 4.42 Å². The Kier molecular flexibility index (Phi) is 13.2. The van der Waals surface area contributed by atoms with Crippen molar-refractivity contribution in [2.75, 3.05) is 0 Å². The van der Waals surface area contributed by atoms with Crippen molar-refractivity contribution in [1.29, 1.82) is 0 Å². The van der Waals surface area contributed by atoms with Crippen LogP contribution in [0.1, 0.15) is 0 Å². The normalized spacial score (nSPS) is 12.1. The number of fused-ring (bicyclic) bond motifs is 24. The number of para-hydroxylation sites is 3. The van der Waals surface area contributed by atoms with Crippen LogP contribution >= 0.6 is 11.3 Å². The molecule has 24 aromatic rings.